The van der Waals surface area contributed by atoms with Crippen LogP contribution in [0.15, 0.2) is 27.1 Å². The fourth-order valence-corrected chi connectivity index (χ4v) is 3.43. The first-order valence-electron chi connectivity index (χ1n) is 4.86. The van der Waals surface area contributed by atoms with Crippen LogP contribution in [0, 0.1) is 0 Å². The van der Waals surface area contributed by atoms with Crippen LogP contribution in [0.1, 0.15) is 18.4 Å². The molecule has 1 aromatic carbocycles. The molecule has 90 valence electrons. The molecule has 0 fully saturated rings. The minimum Gasteiger partial charge on any atom is -0.324 e. The van der Waals surface area contributed by atoms with E-state index in [0.717, 1.165) is 27.4 Å². The van der Waals surface area contributed by atoms with Gasteiger partial charge in [-0.15, -0.1) is 0 Å². The van der Waals surface area contributed by atoms with Gasteiger partial charge in [-0.05, 0) is 43.0 Å². The maximum atomic E-state index is 10.6. The molecule has 0 spiro atoms. The van der Waals surface area contributed by atoms with Crippen molar-refractivity contribution in [1.82, 2.24) is 0 Å². The lowest BCUT2D eigenvalue weighted by molar-refractivity contribution is 0.371. The molecule has 0 atom stereocenters. The number of aryl methyl sites for hydroxylation is 1. The van der Waals surface area contributed by atoms with Crippen LogP contribution in [0.3, 0.4) is 0 Å². The van der Waals surface area contributed by atoms with E-state index >= 15 is 0 Å². The summed E-state index contributed by atoms with van der Waals surface area (Å²) in [6, 6.07) is 5.99. The van der Waals surface area contributed by atoms with Gasteiger partial charge in [0.2, 0.25) is 0 Å². The first kappa shape index (κ1) is 14.4. The molecule has 6 heteroatoms. The molecule has 1 aromatic rings. The van der Waals surface area contributed by atoms with E-state index in [-0.39, 0.29) is 6.16 Å². The molecular formula is C10H13Br2O3P. The van der Waals surface area contributed by atoms with E-state index in [1.165, 1.54) is 0 Å². The van der Waals surface area contributed by atoms with Crippen molar-refractivity contribution >= 4 is 39.5 Å². The molecule has 0 saturated carbocycles. The Morgan fingerprint density at radius 3 is 2.12 bits per heavy atom. The standard InChI is InChI=1S/C10H13Br2O3P/c11-9-5-8(6-10(12)7-9)3-1-2-4-16(13,14)15/h5-7H,1-4H2,(H2,13,14,15). The maximum absolute atomic E-state index is 10.6. The van der Waals surface area contributed by atoms with Gasteiger partial charge in [0.05, 0.1) is 0 Å². The van der Waals surface area contributed by atoms with Crippen LogP contribution in [0.25, 0.3) is 0 Å². The van der Waals surface area contributed by atoms with Crippen LogP contribution >= 0.6 is 39.5 Å². The Labute approximate surface area is 112 Å². The molecule has 0 saturated heterocycles. The molecule has 2 N–H and O–H groups in total. The zero-order valence-electron chi connectivity index (χ0n) is 8.57. The summed E-state index contributed by atoms with van der Waals surface area (Å²) in [7, 11) is -3.82. The third-order valence-electron chi connectivity index (χ3n) is 2.09. The molecule has 0 heterocycles. The Kier molecular flexibility index (Phi) is 5.68. The van der Waals surface area contributed by atoms with E-state index in [1.807, 2.05) is 18.2 Å². The van der Waals surface area contributed by atoms with E-state index in [9.17, 15) is 4.57 Å². The Hall–Kier alpha value is 0.330. The van der Waals surface area contributed by atoms with Crippen molar-refractivity contribution in [2.75, 3.05) is 6.16 Å². The zero-order chi connectivity index (χ0) is 12.2. The third-order valence-corrected chi connectivity index (χ3v) is 3.90. The first-order chi connectivity index (χ1) is 7.37. The van der Waals surface area contributed by atoms with Crippen molar-refractivity contribution in [3.05, 3.63) is 32.7 Å². The van der Waals surface area contributed by atoms with Gasteiger partial charge in [0.25, 0.3) is 0 Å². The molecule has 3 nitrogen and oxygen atoms in total. The van der Waals surface area contributed by atoms with E-state index in [4.69, 9.17) is 9.79 Å². The van der Waals surface area contributed by atoms with Crippen molar-refractivity contribution in [1.29, 1.82) is 0 Å². The van der Waals surface area contributed by atoms with E-state index in [0.29, 0.717) is 6.42 Å². The lowest BCUT2D eigenvalue weighted by atomic mass is 10.1. The van der Waals surface area contributed by atoms with Crippen molar-refractivity contribution < 1.29 is 14.4 Å². The molecule has 0 bridgehead atoms. The summed E-state index contributed by atoms with van der Waals surface area (Å²) in [5.41, 5.74) is 1.16. The highest BCUT2D eigenvalue weighted by atomic mass is 79.9. The van der Waals surface area contributed by atoms with Crippen LogP contribution in [0.2, 0.25) is 0 Å². The molecule has 1 rings (SSSR count). The molecule has 0 radical (unpaired) electrons. The van der Waals surface area contributed by atoms with Crippen molar-refractivity contribution in [3.63, 3.8) is 0 Å². The predicted octanol–water partition coefficient (Wildman–Crippen LogP) is 3.71. The predicted molar refractivity (Wildman–Crippen MR) is 71.7 cm³/mol. The number of hydrogen-bond acceptors (Lipinski definition) is 1. The summed E-state index contributed by atoms with van der Waals surface area (Å²) in [6.07, 6.45) is 2.14. The van der Waals surface area contributed by atoms with Crippen LogP contribution in [-0.4, -0.2) is 15.9 Å². The van der Waals surface area contributed by atoms with Gasteiger partial charge >= 0.3 is 7.60 Å². The lowest BCUT2D eigenvalue weighted by Gasteiger charge is -2.05. The second-order valence-corrected chi connectivity index (χ2v) is 7.23. The highest BCUT2D eigenvalue weighted by Crippen LogP contribution is 2.35. The number of unbranched alkanes of at least 4 members (excludes halogenated alkanes) is 1. The third kappa shape index (κ3) is 6.16. The summed E-state index contributed by atoms with van der Waals surface area (Å²) >= 11 is 6.80. The van der Waals surface area contributed by atoms with Crippen LogP contribution in [-0.2, 0) is 11.0 Å². The number of benzene rings is 1. The van der Waals surface area contributed by atoms with Gasteiger partial charge in [0, 0.05) is 15.1 Å². The average molecular weight is 372 g/mol. The van der Waals surface area contributed by atoms with Crippen molar-refractivity contribution in [2.24, 2.45) is 0 Å². The van der Waals surface area contributed by atoms with Crippen LogP contribution < -0.4 is 0 Å². The van der Waals surface area contributed by atoms with Crippen molar-refractivity contribution in [2.45, 2.75) is 19.3 Å². The number of hydrogen-bond donors (Lipinski definition) is 2. The molecule has 0 aliphatic rings. The van der Waals surface area contributed by atoms with Crippen molar-refractivity contribution in [3.8, 4) is 0 Å². The molecule has 0 amide bonds. The second-order valence-electron chi connectivity index (χ2n) is 3.62. The molecule has 0 unspecified atom stereocenters. The minimum absolute atomic E-state index is 0.0256. The smallest absolute Gasteiger partial charge is 0.324 e. The van der Waals surface area contributed by atoms with E-state index in [1.54, 1.807) is 0 Å². The van der Waals surface area contributed by atoms with Crippen LogP contribution in [0.5, 0.6) is 0 Å². The SMILES string of the molecule is O=P(O)(O)CCCCc1cc(Br)cc(Br)c1. The minimum atomic E-state index is -3.82. The highest BCUT2D eigenvalue weighted by molar-refractivity contribution is 9.11. The fraction of sp³-hybridized carbons (Fsp3) is 0.400. The lowest BCUT2D eigenvalue weighted by Crippen LogP contribution is -1.91. The van der Waals surface area contributed by atoms with Gasteiger partial charge in [-0.25, -0.2) is 0 Å². The summed E-state index contributed by atoms with van der Waals surface area (Å²) < 4.78 is 12.6. The van der Waals surface area contributed by atoms with Gasteiger partial charge in [-0.1, -0.05) is 31.9 Å². The summed E-state index contributed by atoms with van der Waals surface area (Å²) in [5.74, 6) is 0. The Bertz CT molecular complexity index is 383. The molecule has 16 heavy (non-hydrogen) atoms. The maximum Gasteiger partial charge on any atom is 0.325 e. The fourth-order valence-electron chi connectivity index (χ4n) is 1.40. The summed E-state index contributed by atoms with van der Waals surface area (Å²) in [5, 5.41) is 0. The monoisotopic (exact) mass is 370 g/mol. The summed E-state index contributed by atoms with van der Waals surface area (Å²) in [6.45, 7) is 0. The topological polar surface area (TPSA) is 57.5 Å². The molecule has 0 aliphatic heterocycles. The largest absolute Gasteiger partial charge is 0.325 e. The average Bonchev–Trinajstić information content (AvgIpc) is 2.09. The first-order valence-corrected chi connectivity index (χ1v) is 8.25. The molecule has 0 aliphatic carbocycles. The van der Waals surface area contributed by atoms with E-state index < -0.39 is 7.60 Å². The number of rotatable bonds is 5. The van der Waals surface area contributed by atoms with E-state index in [2.05, 4.69) is 31.9 Å². The van der Waals surface area contributed by atoms with Gasteiger partial charge in [0.1, 0.15) is 0 Å². The molecule has 0 aromatic heterocycles. The summed E-state index contributed by atoms with van der Waals surface area (Å²) in [4.78, 5) is 17.4. The second kappa shape index (κ2) is 6.31. The highest BCUT2D eigenvalue weighted by Gasteiger charge is 2.11. The Morgan fingerprint density at radius 1 is 1.06 bits per heavy atom. The molecular weight excluding hydrogens is 359 g/mol. The van der Waals surface area contributed by atoms with Gasteiger partial charge < -0.3 is 9.79 Å². The zero-order valence-corrected chi connectivity index (χ0v) is 12.6. The normalized spacial score (nSPS) is 11.8. The van der Waals surface area contributed by atoms with Gasteiger partial charge in [-0.2, -0.15) is 0 Å². The Morgan fingerprint density at radius 2 is 1.62 bits per heavy atom. The van der Waals surface area contributed by atoms with Crippen LogP contribution in [0.4, 0.5) is 0 Å². The Balaban J connectivity index is 2.40. The van der Waals surface area contributed by atoms with Gasteiger partial charge in [-0.3, -0.25) is 4.57 Å². The quantitative estimate of drug-likeness (QED) is 0.612. The number of halogens is 2. The van der Waals surface area contributed by atoms with Gasteiger partial charge in [0.15, 0.2) is 0 Å².